The Hall–Kier alpha value is -4.59. The van der Waals surface area contributed by atoms with Crippen LogP contribution in [0.15, 0.2) is 83.3 Å². The van der Waals surface area contributed by atoms with Crippen LogP contribution in [0.2, 0.25) is 0 Å². The van der Waals surface area contributed by atoms with E-state index in [-0.39, 0.29) is 19.0 Å². The number of hydrogen-bond acceptors (Lipinski definition) is 8. The first kappa shape index (κ1) is 23.6. The average Bonchev–Trinajstić information content (AvgIpc) is 3.38. The Morgan fingerprint density at radius 1 is 0.800 bits per heavy atom. The van der Waals surface area contributed by atoms with Crippen molar-refractivity contribution in [3.05, 3.63) is 102 Å². The van der Waals surface area contributed by atoms with Crippen molar-refractivity contribution in [3.63, 3.8) is 0 Å². The van der Waals surface area contributed by atoms with Crippen molar-refractivity contribution in [1.82, 2.24) is 10.2 Å². The summed E-state index contributed by atoms with van der Waals surface area (Å²) in [5.74, 6) is 2.98. The third-order valence-corrected chi connectivity index (χ3v) is 4.95. The second kappa shape index (κ2) is 11.5. The smallest absolute Gasteiger partial charge is 0.254 e. The molecule has 0 saturated heterocycles. The maximum atomic E-state index is 12.4. The summed E-state index contributed by atoms with van der Waals surface area (Å²) in [5.41, 5.74) is 1.36. The predicted molar refractivity (Wildman–Crippen MR) is 129 cm³/mol. The van der Waals surface area contributed by atoms with Crippen LogP contribution >= 0.6 is 0 Å². The van der Waals surface area contributed by atoms with Crippen LogP contribution in [0.1, 0.15) is 27.7 Å². The fourth-order valence-corrected chi connectivity index (χ4v) is 3.14. The van der Waals surface area contributed by atoms with Gasteiger partial charge < -0.3 is 23.4 Å². The highest BCUT2D eigenvalue weighted by Gasteiger charge is 2.11. The van der Waals surface area contributed by atoms with Gasteiger partial charge in [-0.1, -0.05) is 30.3 Å². The molecule has 35 heavy (non-hydrogen) atoms. The number of allylic oxidation sites excluding steroid dienone is 1. The fraction of sp³-hybridized carbons (Fsp3) is 0.148. The van der Waals surface area contributed by atoms with Crippen LogP contribution in [0.5, 0.6) is 23.0 Å². The first-order valence-corrected chi connectivity index (χ1v) is 10.8. The zero-order valence-corrected chi connectivity index (χ0v) is 19.3. The van der Waals surface area contributed by atoms with Gasteiger partial charge in [0, 0.05) is 5.56 Å². The molecule has 0 saturated carbocycles. The Morgan fingerprint density at radius 2 is 1.51 bits per heavy atom. The first-order valence-electron chi connectivity index (χ1n) is 10.8. The molecule has 1 heterocycles. The summed E-state index contributed by atoms with van der Waals surface area (Å²) in [6, 6.07) is 21.7. The lowest BCUT2D eigenvalue weighted by molar-refractivity contribution is 0.104. The van der Waals surface area contributed by atoms with E-state index in [2.05, 4.69) is 10.2 Å². The summed E-state index contributed by atoms with van der Waals surface area (Å²) in [4.78, 5) is 12.4. The average molecular weight is 472 g/mol. The Labute approximate surface area is 202 Å². The normalized spacial score (nSPS) is 10.8. The van der Waals surface area contributed by atoms with Crippen LogP contribution in [0.25, 0.3) is 6.08 Å². The van der Waals surface area contributed by atoms with Gasteiger partial charge in [0.25, 0.3) is 11.8 Å². The fourth-order valence-electron chi connectivity index (χ4n) is 3.14. The van der Waals surface area contributed by atoms with Gasteiger partial charge in [-0.05, 0) is 60.2 Å². The van der Waals surface area contributed by atoms with Gasteiger partial charge in [-0.25, -0.2) is 0 Å². The van der Waals surface area contributed by atoms with Gasteiger partial charge in [0.15, 0.2) is 30.5 Å². The molecule has 0 fully saturated rings. The van der Waals surface area contributed by atoms with E-state index in [9.17, 15) is 4.79 Å². The highest BCUT2D eigenvalue weighted by atomic mass is 16.5. The highest BCUT2D eigenvalue weighted by molar-refractivity contribution is 6.06. The number of hydrogen-bond donors (Lipinski definition) is 0. The first-order chi connectivity index (χ1) is 17.1. The van der Waals surface area contributed by atoms with Crippen LogP contribution in [-0.4, -0.2) is 30.2 Å². The largest absolute Gasteiger partial charge is 0.497 e. The van der Waals surface area contributed by atoms with E-state index in [0.29, 0.717) is 40.3 Å². The van der Waals surface area contributed by atoms with Gasteiger partial charge in [0.05, 0.1) is 14.2 Å². The molecule has 0 aliphatic heterocycles. The molecular formula is C27H24N2O6. The molecule has 0 spiro atoms. The number of rotatable bonds is 11. The maximum absolute atomic E-state index is 12.4. The molecule has 0 radical (unpaired) electrons. The summed E-state index contributed by atoms with van der Waals surface area (Å²) >= 11 is 0. The molecule has 0 aliphatic carbocycles. The summed E-state index contributed by atoms with van der Waals surface area (Å²) < 4.78 is 27.5. The molecule has 178 valence electrons. The van der Waals surface area contributed by atoms with Gasteiger partial charge in [0.1, 0.15) is 11.5 Å². The maximum Gasteiger partial charge on any atom is 0.254 e. The molecular weight excluding hydrogens is 448 g/mol. The Bertz CT molecular complexity index is 1280. The highest BCUT2D eigenvalue weighted by Crippen LogP contribution is 2.29. The molecule has 0 atom stereocenters. The van der Waals surface area contributed by atoms with E-state index in [4.69, 9.17) is 23.4 Å². The van der Waals surface area contributed by atoms with Crippen molar-refractivity contribution >= 4 is 11.9 Å². The van der Waals surface area contributed by atoms with Gasteiger partial charge in [0.2, 0.25) is 0 Å². The number of methoxy groups -OCH3 is 2. The predicted octanol–water partition coefficient (Wildman–Crippen LogP) is 5.14. The van der Waals surface area contributed by atoms with Crippen molar-refractivity contribution in [2.75, 3.05) is 14.2 Å². The number of aromatic nitrogens is 2. The Kier molecular flexibility index (Phi) is 7.75. The minimum atomic E-state index is -0.115. The van der Waals surface area contributed by atoms with E-state index >= 15 is 0 Å². The molecule has 0 bridgehead atoms. The second-order valence-corrected chi connectivity index (χ2v) is 7.32. The summed E-state index contributed by atoms with van der Waals surface area (Å²) in [6.07, 6.45) is 3.23. The molecule has 0 aliphatic rings. The van der Waals surface area contributed by atoms with E-state index in [0.717, 1.165) is 5.56 Å². The van der Waals surface area contributed by atoms with Crippen molar-refractivity contribution in [2.24, 2.45) is 0 Å². The summed E-state index contributed by atoms with van der Waals surface area (Å²) in [7, 11) is 3.13. The number of carbonyl (C=O) groups excluding carboxylic acids is 1. The molecule has 4 rings (SSSR count). The van der Waals surface area contributed by atoms with E-state index in [1.807, 2.05) is 36.4 Å². The zero-order chi connectivity index (χ0) is 24.5. The SMILES string of the molecule is COc1ccc(C(=O)/C=C/c2ccc(OCc3nnc(COc4ccccc4)o3)c(OC)c2)cc1. The van der Waals surface area contributed by atoms with E-state index in [1.165, 1.54) is 6.08 Å². The second-order valence-electron chi connectivity index (χ2n) is 7.32. The van der Waals surface area contributed by atoms with Gasteiger partial charge in [-0.15, -0.1) is 10.2 Å². The van der Waals surface area contributed by atoms with Crippen LogP contribution in [0.3, 0.4) is 0 Å². The van der Waals surface area contributed by atoms with Crippen molar-refractivity contribution in [1.29, 1.82) is 0 Å². The number of para-hydroxylation sites is 1. The number of carbonyl (C=O) groups is 1. The van der Waals surface area contributed by atoms with Crippen molar-refractivity contribution < 1.29 is 28.2 Å². The minimum Gasteiger partial charge on any atom is -0.497 e. The topological polar surface area (TPSA) is 92.9 Å². The van der Waals surface area contributed by atoms with Gasteiger partial charge >= 0.3 is 0 Å². The van der Waals surface area contributed by atoms with Crippen LogP contribution in [0.4, 0.5) is 0 Å². The minimum absolute atomic E-state index is 0.0693. The van der Waals surface area contributed by atoms with E-state index in [1.54, 1.807) is 56.7 Å². The number of nitrogens with zero attached hydrogens (tertiary/aromatic N) is 2. The van der Waals surface area contributed by atoms with Gasteiger partial charge in [-0.3, -0.25) is 4.79 Å². The number of ether oxygens (including phenoxy) is 4. The van der Waals surface area contributed by atoms with E-state index < -0.39 is 0 Å². The Morgan fingerprint density at radius 3 is 2.20 bits per heavy atom. The lowest BCUT2D eigenvalue weighted by Gasteiger charge is -2.10. The third kappa shape index (κ3) is 6.48. The standard InChI is InChI=1S/C27H24N2O6/c1-31-21-12-10-20(11-13-21)23(30)14-8-19-9-15-24(25(16-19)32-2)34-18-27-29-28-26(35-27)17-33-22-6-4-3-5-7-22/h3-16H,17-18H2,1-2H3/b14-8+. The zero-order valence-electron chi connectivity index (χ0n) is 19.3. The molecule has 0 unspecified atom stereocenters. The lowest BCUT2D eigenvalue weighted by Crippen LogP contribution is -1.98. The summed E-state index contributed by atoms with van der Waals surface area (Å²) in [5, 5.41) is 7.96. The molecule has 8 nitrogen and oxygen atoms in total. The summed E-state index contributed by atoms with van der Waals surface area (Å²) in [6.45, 7) is 0.233. The molecule has 1 aromatic heterocycles. The molecule has 0 amide bonds. The number of benzene rings is 3. The lowest BCUT2D eigenvalue weighted by atomic mass is 10.1. The quantitative estimate of drug-likeness (QED) is 0.219. The molecule has 3 aromatic carbocycles. The van der Waals surface area contributed by atoms with Crippen LogP contribution in [-0.2, 0) is 13.2 Å². The van der Waals surface area contributed by atoms with Crippen LogP contribution in [0, 0.1) is 0 Å². The van der Waals surface area contributed by atoms with Crippen molar-refractivity contribution in [2.45, 2.75) is 13.2 Å². The molecule has 8 heteroatoms. The molecule has 0 N–H and O–H groups in total. The number of ketones is 1. The van der Waals surface area contributed by atoms with Crippen LogP contribution < -0.4 is 18.9 Å². The van der Waals surface area contributed by atoms with Gasteiger partial charge in [-0.2, -0.15) is 0 Å². The third-order valence-electron chi connectivity index (χ3n) is 4.95. The Balaban J connectivity index is 1.34. The monoisotopic (exact) mass is 472 g/mol. The van der Waals surface area contributed by atoms with Crippen molar-refractivity contribution in [3.8, 4) is 23.0 Å². The molecule has 4 aromatic rings.